The number of halogens is 3. The summed E-state index contributed by atoms with van der Waals surface area (Å²) in [6.45, 7) is 36.8. The van der Waals surface area contributed by atoms with E-state index in [0.717, 1.165) is 49.7 Å². The van der Waals surface area contributed by atoms with Crippen molar-refractivity contribution in [1.29, 1.82) is 0 Å². The van der Waals surface area contributed by atoms with E-state index in [2.05, 4.69) is 170 Å². The van der Waals surface area contributed by atoms with Gasteiger partial charge in [-0.2, -0.15) is 13.2 Å². The molecule has 3 nitrogen and oxygen atoms in total. The molecule has 0 radical (unpaired) electrons. The van der Waals surface area contributed by atoms with Crippen molar-refractivity contribution in [1.82, 2.24) is 9.13 Å². The summed E-state index contributed by atoms with van der Waals surface area (Å²) < 4.78 is 49.5. The molecule has 2 aromatic heterocycles. The standard InChI is InChI=1S/C55H56F3N3/c1-32-16-15-17-42(55(56,57)58)50(32)41-30-48(60-44-22-18-33(51(2,3)4)26-37(44)38-27-34(52(5,6)7)19-23-45(38)60)49(31-43(41)59-14)61-46-24-20-35(53(8,9)10)28-39(46)40-29-36(54(11,12)13)21-25-47(40)61/h15-31H,1-13H3. The average molecular weight is 816 g/mol. The van der Waals surface area contributed by atoms with Crippen LogP contribution in [0.15, 0.2) is 103 Å². The van der Waals surface area contributed by atoms with Crippen LogP contribution in [0.2, 0.25) is 0 Å². The highest BCUT2D eigenvalue weighted by Crippen LogP contribution is 2.48. The van der Waals surface area contributed by atoms with Crippen molar-refractivity contribution in [2.45, 2.75) is 118 Å². The van der Waals surface area contributed by atoms with Crippen molar-refractivity contribution in [2.75, 3.05) is 0 Å². The van der Waals surface area contributed by atoms with Gasteiger partial charge in [-0.1, -0.05) is 119 Å². The van der Waals surface area contributed by atoms with Crippen LogP contribution in [-0.4, -0.2) is 9.13 Å². The van der Waals surface area contributed by atoms with Gasteiger partial charge in [-0.05, 0) is 134 Å². The van der Waals surface area contributed by atoms with Gasteiger partial charge in [0.05, 0.1) is 45.6 Å². The SMILES string of the molecule is [C-]#[N+]c1cc(-n2c3ccc(C(C)(C)C)cc3c3cc(C(C)(C)C)ccc32)c(-n2c3ccc(C(C)(C)C)cc3c3cc(C(C)(C)C)ccc32)cc1-c1c(C)cccc1C(F)(F)F. The molecular weight excluding hydrogens is 760 g/mol. The zero-order valence-corrected chi connectivity index (χ0v) is 37.8. The fraction of sp³-hybridized carbons (Fsp3) is 0.327. The Morgan fingerprint density at radius 1 is 0.459 bits per heavy atom. The molecule has 0 bridgehead atoms. The number of benzene rings is 6. The normalized spacial score (nSPS) is 13.2. The first-order valence-electron chi connectivity index (χ1n) is 21.2. The largest absolute Gasteiger partial charge is 0.416 e. The molecule has 0 saturated carbocycles. The van der Waals surface area contributed by atoms with E-state index in [-0.39, 0.29) is 38.5 Å². The zero-order valence-electron chi connectivity index (χ0n) is 37.8. The highest BCUT2D eigenvalue weighted by Gasteiger charge is 2.35. The minimum absolute atomic E-state index is 0.0199. The van der Waals surface area contributed by atoms with E-state index in [1.54, 1.807) is 13.0 Å². The third-order valence-electron chi connectivity index (χ3n) is 12.5. The summed E-state index contributed by atoms with van der Waals surface area (Å²) in [5, 5.41) is 4.29. The molecule has 0 unspecified atom stereocenters. The Bertz CT molecular complexity index is 2970. The highest BCUT2D eigenvalue weighted by molar-refractivity contribution is 6.12. The van der Waals surface area contributed by atoms with Gasteiger partial charge in [-0.15, -0.1) is 0 Å². The molecule has 0 spiro atoms. The zero-order chi connectivity index (χ0) is 44.4. The van der Waals surface area contributed by atoms with Gasteiger partial charge >= 0.3 is 6.18 Å². The Labute approximate surface area is 358 Å². The molecule has 8 aromatic rings. The molecule has 8 rings (SSSR count). The molecular formula is C55H56F3N3. The smallest absolute Gasteiger partial charge is 0.308 e. The lowest BCUT2D eigenvalue weighted by Gasteiger charge is -2.23. The Morgan fingerprint density at radius 2 is 0.803 bits per heavy atom. The number of fused-ring (bicyclic) bond motifs is 6. The summed E-state index contributed by atoms with van der Waals surface area (Å²) in [5.41, 5.74) is 9.57. The number of aromatic nitrogens is 2. The van der Waals surface area contributed by atoms with Crippen molar-refractivity contribution in [3.63, 3.8) is 0 Å². The van der Waals surface area contributed by atoms with Gasteiger partial charge in [-0.3, -0.25) is 0 Å². The maximum absolute atomic E-state index is 15.0. The molecule has 0 N–H and O–H groups in total. The van der Waals surface area contributed by atoms with Crippen molar-refractivity contribution in [3.8, 4) is 22.5 Å². The number of aryl methyl sites for hydroxylation is 1. The van der Waals surface area contributed by atoms with Crippen LogP contribution in [0.25, 0.3) is 71.0 Å². The van der Waals surface area contributed by atoms with E-state index >= 15 is 13.2 Å². The molecule has 6 aromatic carbocycles. The Balaban J connectivity index is 1.61. The number of hydrogen-bond donors (Lipinski definition) is 0. The lowest BCUT2D eigenvalue weighted by Crippen LogP contribution is -2.11. The third kappa shape index (κ3) is 7.10. The summed E-state index contributed by atoms with van der Waals surface area (Å²) in [7, 11) is 0. The lowest BCUT2D eigenvalue weighted by molar-refractivity contribution is -0.137. The lowest BCUT2D eigenvalue weighted by atomic mass is 9.85. The number of hydrogen-bond acceptors (Lipinski definition) is 0. The van der Waals surface area contributed by atoms with Crippen LogP contribution in [0.1, 0.15) is 116 Å². The summed E-state index contributed by atoms with van der Waals surface area (Å²) in [5.74, 6) is 0. The van der Waals surface area contributed by atoms with Crippen LogP contribution < -0.4 is 0 Å². The molecule has 0 aliphatic rings. The molecule has 0 amide bonds. The second-order valence-corrected chi connectivity index (χ2v) is 21.1. The molecule has 6 heteroatoms. The van der Waals surface area contributed by atoms with E-state index < -0.39 is 11.7 Å². The van der Waals surface area contributed by atoms with Gasteiger partial charge in [0, 0.05) is 21.5 Å². The van der Waals surface area contributed by atoms with Gasteiger partial charge in [0.15, 0.2) is 5.69 Å². The fourth-order valence-corrected chi connectivity index (χ4v) is 8.91. The summed E-state index contributed by atoms with van der Waals surface area (Å²) in [6.07, 6.45) is -4.64. The molecule has 61 heavy (non-hydrogen) atoms. The topological polar surface area (TPSA) is 14.2 Å². The first-order valence-corrected chi connectivity index (χ1v) is 21.2. The maximum Gasteiger partial charge on any atom is 0.416 e. The molecule has 2 heterocycles. The first kappa shape index (κ1) is 41.9. The molecule has 0 fully saturated rings. The minimum atomic E-state index is -4.64. The summed E-state index contributed by atoms with van der Waals surface area (Å²) in [6, 6.07) is 34.4. The number of nitrogens with zero attached hydrogens (tertiary/aromatic N) is 3. The second kappa shape index (κ2) is 13.9. The van der Waals surface area contributed by atoms with Crippen molar-refractivity contribution in [2.24, 2.45) is 0 Å². The summed E-state index contributed by atoms with van der Waals surface area (Å²) in [4.78, 5) is 4.02. The third-order valence-corrected chi connectivity index (χ3v) is 12.5. The average Bonchev–Trinajstić information content (AvgIpc) is 3.67. The van der Waals surface area contributed by atoms with Crippen LogP contribution in [-0.2, 0) is 27.8 Å². The second-order valence-electron chi connectivity index (χ2n) is 21.1. The first-order chi connectivity index (χ1) is 28.3. The van der Waals surface area contributed by atoms with Crippen molar-refractivity contribution < 1.29 is 13.2 Å². The van der Waals surface area contributed by atoms with Gasteiger partial charge in [0.1, 0.15) is 0 Å². The Hall–Kier alpha value is -5.80. The fourth-order valence-electron chi connectivity index (χ4n) is 8.91. The maximum atomic E-state index is 15.0. The van der Waals surface area contributed by atoms with Gasteiger partial charge in [0.25, 0.3) is 0 Å². The van der Waals surface area contributed by atoms with E-state index in [4.69, 9.17) is 6.57 Å². The van der Waals surface area contributed by atoms with E-state index in [1.807, 2.05) is 12.1 Å². The van der Waals surface area contributed by atoms with Crippen LogP contribution in [0.4, 0.5) is 18.9 Å². The van der Waals surface area contributed by atoms with Crippen LogP contribution in [0, 0.1) is 13.5 Å². The van der Waals surface area contributed by atoms with E-state index in [0.29, 0.717) is 16.9 Å². The Kier molecular flexibility index (Phi) is 9.52. The monoisotopic (exact) mass is 815 g/mol. The minimum Gasteiger partial charge on any atom is -0.308 e. The Morgan fingerprint density at radius 3 is 1.11 bits per heavy atom. The molecule has 0 aliphatic heterocycles. The van der Waals surface area contributed by atoms with Gasteiger partial charge in [-0.25, -0.2) is 4.85 Å². The molecule has 0 aliphatic carbocycles. The van der Waals surface area contributed by atoms with Crippen LogP contribution in [0.5, 0.6) is 0 Å². The number of alkyl halides is 3. The highest BCUT2D eigenvalue weighted by atomic mass is 19.4. The van der Waals surface area contributed by atoms with Gasteiger partial charge in [0.2, 0.25) is 0 Å². The van der Waals surface area contributed by atoms with E-state index in [9.17, 15) is 0 Å². The van der Waals surface area contributed by atoms with Crippen LogP contribution in [0.3, 0.4) is 0 Å². The quantitative estimate of drug-likeness (QED) is 0.158. The molecule has 312 valence electrons. The summed E-state index contributed by atoms with van der Waals surface area (Å²) >= 11 is 0. The van der Waals surface area contributed by atoms with Crippen molar-refractivity contribution in [3.05, 3.63) is 148 Å². The predicted octanol–water partition coefficient (Wildman–Crippen LogP) is 16.6. The number of rotatable bonds is 3. The predicted molar refractivity (Wildman–Crippen MR) is 251 cm³/mol. The van der Waals surface area contributed by atoms with Gasteiger partial charge < -0.3 is 9.13 Å². The van der Waals surface area contributed by atoms with E-state index in [1.165, 1.54) is 28.3 Å². The molecule has 0 saturated heterocycles. The van der Waals surface area contributed by atoms with Crippen LogP contribution >= 0.6 is 0 Å². The van der Waals surface area contributed by atoms with Crippen molar-refractivity contribution >= 4 is 49.3 Å². The molecule has 0 atom stereocenters.